The first kappa shape index (κ1) is 23.1. The molecule has 2 rings (SSSR count). The Morgan fingerprint density at radius 1 is 0.893 bits per heavy atom. The van der Waals surface area contributed by atoms with Gasteiger partial charge in [0.25, 0.3) is 0 Å². The lowest BCUT2D eigenvalue weighted by molar-refractivity contribution is 0.157. The van der Waals surface area contributed by atoms with Crippen molar-refractivity contribution in [3.8, 4) is 0 Å². The van der Waals surface area contributed by atoms with Crippen molar-refractivity contribution in [3.63, 3.8) is 0 Å². The van der Waals surface area contributed by atoms with Crippen LogP contribution >= 0.6 is 11.6 Å². The molecular weight excluding hydrogens is 382 g/mol. The van der Waals surface area contributed by atoms with Crippen molar-refractivity contribution in [3.05, 3.63) is 71.8 Å². The molecule has 0 fully saturated rings. The van der Waals surface area contributed by atoms with Crippen molar-refractivity contribution in [1.29, 1.82) is 0 Å². The topological polar surface area (TPSA) is 12.5 Å². The highest BCUT2D eigenvalue weighted by Crippen LogP contribution is 2.36. The molecule has 154 valence electrons. The highest BCUT2D eigenvalue weighted by atomic mass is 35.5. The summed E-state index contributed by atoms with van der Waals surface area (Å²) in [5, 5.41) is 0.233. The second-order valence-electron chi connectivity index (χ2n) is 9.08. The van der Waals surface area contributed by atoms with Crippen molar-refractivity contribution in [2.24, 2.45) is 0 Å². The van der Waals surface area contributed by atoms with E-state index in [4.69, 9.17) is 16.0 Å². The maximum absolute atomic E-state index is 6.45. The largest absolute Gasteiger partial charge is 0.417 e. The molecule has 1 atom stereocenters. The smallest absolute Gasteiger partial charge is 0.191 e. The molecule has 4 heteroatoms. The van der Waals surface area contributed by atoms with E-state index < -0.39 is 8.32 Å². The first-order chi connectivity index (χ1) is 13.2. The number of rotatable bonds is 10. The molecule has 0 aromatic heterocycles. The molecule has 28 heavy (non-hydrogen) atoms. The first-order valence-electron chi connectivity index (χ1n) is 10.2. The average molecular weight is 418 g/mol. The van der Waals surface area contributed by atoms with Gasteiger partial charge in [-0.2, -0.15) is 0 Å². The van der Waals surface area contributed by atoms with Crippen molar-refractivity contribution >= 4 is 19.9 Å². The fraction of sp³-hybridized carbons (Fsp3) is 0.500. The maximum atomic E-state index is 6.45. The van der Waals surface area contributed by atoms with E-state index in [1.54, 1.807) is 0 Å². The molecule has 2 aromatic carbocycles. The van der Waals surface area contributed by atoms with Crippen LogP contribution in [0.3, 0.4) is 0 Å². The minimum Gasteiger partial charge on any atom is -0.417 e. The van der Waals surface area contributed by atoms with E-state index in [0.717, 1.165) is 26.1 Å². The summed E-state index contributed by atoms with van der Waals surface area (Å²) in [6.45, 7) is 14.1. The zero-order valence-corrected chi connectivity index (χ0v) is 19.9. The van der Waals surface area contributed by atoms with Crippen LogP contribution in [0.25, 0.3) is 0 Å². The number of hydrogen-bond donors (Lipinski definition) is 0. The molecule has 0 heterocycles. The van der Waals surface area contributed by atoms with Gasteiger partial charge in [-0.3, -0.25) is 4.90 Å². The predicted molar refractivity (Wildman–Crippen MR) is 124 cm³/mol. The molecule has 0 saturated heterocycles. The normalized spacial score (nSPS) is 13.7. The van der Waals surface area contributed by atoms with Crippen LogP contribution in [0.2, 0.25) is 18.1 Å². The van der Waals surface area contributed by atoms with E-state index in [2.05, 4.69) is 99.4 Å². The molecule has 0 saturated carbocycles. The molecule has 0 spiro atoms. The van der Waals surface area contributed by atoms with Gasteiger partial charge in [-0.1, -0.05) is 81.4 Å². The Bertz CT molecular complexity index is 643. The third kappa shape index (κ3) is 7.04. The third-order valence-electron chi connectivity index (χ3n) is 5.87. The molecular formula is C24H36ClNOSi. The lowest BCUT2D eigenvalue weighted by atomic mass is 10.1. The van der Waals surface area contributed by atoms with Gasteiger partial charge < -0.3 is 4.43 Å². The Labute approximate surface area is 178 Å². The maximum Gasteiger partial charge on any atom is 0.191 e. The summed E-state index contributed by atoms with van der Waals surface area (Å²) in [7, 11) is -1.73. The number of alkyl halides is 1. The summed E-state index contributed by atoms with van der Waals surface area (Å²) in [6, 6.07) is 21.6. The van der Waals surface area contributed by atoms with Crippen molar-refractivity contribution in [1.82, 2.24) is 4.90 Å². The Morgan fingerprint density at radius 2 is 1.36 bits per heavy atom. The summed E-state index contributed by atoms with van der Waals surface area (Å²) in [5.74, 6) is 0.612. The zero-order chi connectivity index (χ0) is 20.6. The van der Waals surface area contributed by atoms with E-state index >= 15 is 0 Å². The molecule has 0 radical (unpaired) electrons. The highest BCUT2D eigenvalue weighted by molar-refractivity contribution is 6.74. The fourth-order valence-corrected chi connectivity index (χ4v) is 4.38. The van der Waals surface area contributed by atoms with Gasteiger partial charge in [-0.15, -0.1) is 11.6 Å². The van der Waals surface area contributed by atoms with Gasteiger partial charge in [0.2, 0.25) is 0 Å². The minimum atomic E-state index is -1.73. The first-order valence-corrected chi connectivity index (χ1v) is 13.7. The number of benzene rings is 2. The lowest BCUT2D eigenvalue weighted by Gasteiger charge is -2.37. The second-order valence-corrected chi connectivity index (χ2v) is 14.2. The Hall–Kier alpha value is -1.13. The summed E-state index contributed by atoms with van der Waals surface area (Å²) < 4.78 is 6.43. The lowest BCUT2D eigenvalue weighted by Crippen LogP contribution is -2.43. The van der Waals surface area contributed by atoms with E-state index in [9.17, 15) is 0 Å². The number of halogens is 1. The van der Waals surface area contributed by atoms with Crippen LogP contribution in [0.1, 0.15) is 38.3 Å². The van der Waals surface area contributed by atoms with Gasteiger partial charge in [0.15, 0.2) is 8.32 Å². The molecule has 0 aliphatic heterocycles. The highest BCUT2D eigenvalue weighted by Gasteiger charge is 2.37. The minimum absolute atomic E-state index is 0.233. The molecule has 0 bridgehead atoms. The summed E-state index contributed by atoms with van der Waals surface area (Å²) in [4.78, 5) is 2.49. The Balaban J connectivity index is 2.07. The van der Waals surface area contributed by atoms with E-state index in [-0.39, 0.29) is 11.1 Å². The van der Waals surface area contributed by atoms with Crippen LogP contribution in [0.5, 0.6) is 0 Å². The molecule has 2 aromatic rings. The molecule has 0 aliphatic rings. The molecule has 0 unspecified atom stereocenters. The Morgan fingerprint density at radius 3 is 1.75 bits per heavy atom. The quantitative estimate of drug-likeness (QED) is 0.314. The van der Waals surface area contributed by atoms with Gasteiger partial charge in [0.1, 0.15) is 0 Å². The van der Waals surface area contributed by atoms with Crippen LogP contribution in [0.15, 0.2) is 60.7 Å². The average Bonchev–Trinajstić information content (AvgIpc) is 2.65. The molecule has 0 aliphatic carbocycles. The molecule has 0 N–H and O–H groups in total. The van der Waals surface area contributed by atoms with Gasteiger partial charge in [-0.25, -0.2) is 0 Å². The predicted octanol–water partition coefficient (Wildman–Crippen LogP) is 6.71. The Kier molecular flexibility index (Phi) is 8.75. The summed E-state index contributed by atoms with van der Waals surface area (Å²) in [5.41, 5.74) is 2.64. The summed E-state index contributed by atoms with van der Waals surface area (Å²) in [6.07, 6.45) is 0.954. The van der Waals surface area contributed by atoms with Crippen molar-refractivity contribution in [2.45, 2.75) is 64.5 Å². The monoisotopic (exact) mass is 417 g/mol. The summed E-state index contributed by atoms with van der Waals surface area (Å²) >= 11 is 6.45. The second kappa shape index (κ2) is 10.6. The van der Waals surface area contributed by atoms with Gasteiger partial charge in [-0.05, 0) is 35.7 Å². The van der Waals surface area contributed by atoms with Gasteiger partial charge in [0.05, 0.1) is 0 Å². The van der Waals surface area contributed by atoms with Gasteiger partial charge >= 0.3 is 0 Å². The fourth-order valence-electron chi connectivity index (χ4n) is 2.97. The van der Waals surface area contributed by atoms with E-state index in [0.29, 0.717) is 5.88 Å². The van der Waals surface area contributed by atoms with E-state index in [1.807, 2.05) is 0 Å². The molecule has 2 nitrogen and oxygen atoms in total. The number of nitrogens with zero attached hydrogens (tertiary/aromatic N) is 1. The van der Waals surface area contributed by atoms with Crippen LogP contribution in [0, 0.1) is 0 Å². The van der Waals surface area contributed by atoms with Crippen molar-refractivity contribution in [2.75, 3.05) is 12.5 Å². The van der Waals surface area contributed by atoms with Crippen LogP contribution in [0.4, 0.5) is 0 Å². The van der Waals surface area contributed by atoms with E-state index in [1.165, 1.54) is 11.1 Å². The van der Waals surface area contributed by atoms with Gasteiger partial charge in [0, 0.05) is 31.6 Å². The van der Waals surface area contributed by atoms with Crippen molar-refractivity contribution < 1.29 is 4.43 Å². The standard InChI is InChI=1S/C24H36ClNOSi/c1-24(2,3)28(4,5)27-17-16-23(18-25)26(19-21-12-8-6-9-13-21)20-22-14-10-7-11-15-22/h6-15,23H,16-20H2,1-5H3/t23-/m0/s1. The van der Waals surface area contributed by atoms with Crippen LogP contribution in [-0.4, -0.2) is 31.7 Å². The SMILES string of the molecule is CC(C)(C)[Si](C)(C)OCC[C@@H](CCl)N(Cc1ccccc1)Cc1ccccc1. The van der Waals surface area contributed by atoms with Crippen LogP contribution < -0.4 is 0 Å². The van der Waals surface area contributed by atoms with Crippen LogP contribution in [-0.2, 0) is 17.5 Å². The zero-order valence-electron chi connectivity index (χ0n) is 18.1. The molecule has 0 amide bonds. The third-order valence-corrected chi connectivity index (χ3v) is 10.8. The number of hydrogen-bond acceptors (Lipinski definition) is 2.